The van der Waals surface area contributed by atoms with Gasteiger partial charge in [0.1, 0.15) is 5.82 Å². The van der Waals surface area contributed by atoms with Gasteiger partial charge in [-0.2, -0.15) is 5.26 Å². The van der Waals surface area contributed by atoms with E-state index < -0.39 is 15.7 Å². The van der Waals surface area contributed by atoms with Crippen molar-refractivity contribution >= 4 is 9.84 Å². The monoisotopic (exact) mass is 289 g/mol. The highest BCUT2D eigenvalue weighted by Gasteiger charge is 2.11. The van der Waals surface area contributed by atoms with Crippen molar-refractivity contribution in [2.45, 2.75) is 11.8 Å². The van der Waals surface area contributed by atoms with E-state index in [0.29, 0.717) is 22.3 Å². The molecule has 0 unspecified atom stereocenters. The molecule has 0 aromatic heterocycles. The van der Waals surface area contributed by atoms with E-state index in [1.165, 1.54) is 24.3 Å². The Hall–Kier alpha value is -2.19. The number of nitriles is 1. The molecular formula is C15H12FNO2S. The topological polar surface area (TPSA) is 57.9 Å². The molecule has 0 N–H and O–H groups in total. The fourth-order valence-electron chi connectivity index (χ4n) is 1.89. The molecule has 0 spiro atoms. The zero-order chi connectivity index (χ0) is 14.9. The second-order valence-electron chi connectivity index (χ2n) is 4.56. The number of aryl methyl sites for hydroxylation is 1. The Morgan fingerprint density at radius 1 is 1.15 bits per heavy atom. The average molecular weight is 289 g/mol. The zero-order valence-corrected chi connectivity index (χ0v) is 11.8. The fourth-order valence-corrected chi connectivity index (χ4v) is 2.53. The van der Waals surface area contributed by atoms with Crippen LogP contribution in [0.5, 0.6) is 0 Å². The van der Waals surface area contributed by atoms with Gasteiger partial charge >= 0.3 is 0 Å². The molecule has 0 atom stereocenters. The van der Waals surface area contributed by atoms with E-state index in [0.717, 1.165) is 6.26 Å². The Balaban J connectivity index is 2.58. The van der Waals surface area contributed by atoms with Crippen LogP contribution in [0.2, 0.25) is 0 Å². The maximum atomic E-state index is 13.6. The molecule has 0 radical (unpaired) electrons. The summed E-state index contributed by atoms with van der Waals surface area (Å²) < 4.78 is 36.4. The third-order valence-corrected chi connectivity index (χ3v) is 4.14. The van der Waals surface area contributed by atoms with Crippen molar-refractivity contribution < 1.29 is 12.8 Å². The molecule has 102 valence electrons. The van der Waals surface area contributed by atoms with Crippen molar-refractivity contribution in [1.29, 1.82) is 5.26 Å². The van der Waals surface area contributed by atoms with Crippen LogP contribution in [0.25, 0.3) is 11.1 Å². The molecular weight excluding hydrogens is 277 g/mol. The highest BCUT2D eigenvalue weighted by Crippen LogP contribution is 2.27. The minimum absolute atomic E-state index is 0.187. The number of hydrogen-bond donors (Lipinski definition) is 0. The smallest absolute Gasteiger partial charge is 0.175 e. The lowest BCUT2D eigenvalue weighted by Gasteiger charge is -2.07. The van der Waals surface area contributed by atoms with Crippen molar-refractivity contribution in [3.05, 3.63) is 53.3 Å². The molecule has 2 aromatic rings. The van der Waals surface area contributed by atoms with Crippen LogP contribution in [0.3, 0.4) is 0 Å². The van der Waals surface area contributed by atoms with Crippen molar-refractivity contribution in [1.82, 2.24) is 0 Å². The van der Waals surface area contributed by atoms with Gasteiger partial charge in [-0.3, -0.25) is 0 Å². The van der Waals surface area contributed by atoms with E-state index in [4.69, 9.17) is 5.26 Å². The lowest BCUT2D eigenvalue weighted by atomic mass is 9.98. The summed E-state index contributed by atoms with van der Waals surface area (Å²) in [7, 11) is -3.27. The highest BCUT2D eigenvalue weighted by atomic mass is 32.2. The van der Waals surface area contributed by atoms with Crippen molar-refractivity contribution in [3.8, 4) is 17.2 Å². The normalized spacial score (nSPS) is 11.1. The summed E-state index contributed by atoms with van der Waals surface area (Å²) in [5, 5.41) is 9.11. The first-order valence-electron chi connectivity index (χ1n) is 5.83. The largest absolute Gasteiger partial charge is 0.224 e. The SMILES string of the molecule is Cc1cc(C#N)c(-c2ccc(S(C)(=O)=O)cc2)cc1F. The molecule has 3 nitrogen and oxygen atoms in total. The molecule has 0 aliphatic heterocycles. The van der Waals surface area contributed by atoms with Gasteiger partial charge in [-0.25, -0.2) is 12.8 Å². The lowest BCUT2D eigenvalue weighted by Crippen LogP contribution is -1.97. The lowest BCUT2D eigenvalue weighted by molar-refractivity contribution is 0.602. The van der Waals surface area contributed by atoms with Crippen molar-refractivity contribution in [3.63, 3.8) is 0 Å². The standard InChI is InChI=1S/C15H12FNO2S/c1-10-7-12(9-17)14(8-15(10)16)11-3-5-13(6-4-11)20(2,18)19/h3-8H,1-2H3. The molecule has 2 rings (SSSR count). The van der Waals surface area contributed by atoms with Gasteiger partial charge in [0.05, 0.1) is 16.5 Å². The van der Waals surface area contributed by atoms with Gasteiger partial charge in [-0.05, 0) is 42.3 Å². The molecule has 20 heavy (non-hydrogen) atoms. The first-order valence-corrected chi connectivity index (χ1v) is 7.73. The minimum atomic E-state index is -3.27. The highest BCUT2D eigenvalue weighted by molar-refractivity contribution is 7.90. The molecule has 0 saturated carbocycles. The predicted octanol–water partition coefficient (Wildman–Crippen LogP) is 3.08. The summed E-state index contributed by atoms with van der Waals surface area (Å²) >= 11 is 0. The summed E-state index contributed by atoms with van der Waals surface area (Å²) in [5.74, 6) is -0.397. The second-order valence-corrected chi connectivity index (χ2v) is 6.57. The quantitative estimate of drug-likeness (QED) is 0.853. The third-order valence-electron chi connectivity index (χ3n) is 3.01. The summed E-state index contributed by atoms with van der Waals surface area (Å²) in [6.07, 6.45) is 1.12. The van der Waals surface area contributed by atoms with Gasteiger partial charge in [0, 0.05) is 11.8 Å². The van der Waals surface area contributed by atoms with Crippen LogP contribution in [-0.4, -0.2) is 14.7 Å². The van der Waals surface area contributed by atoms with Crippen molar-refractivity contribution in [2.24, 2.45) is 0 Å². The molecule has 0 bridgehead atoms. The fraction of sp³-hybridized carbons (Fsp3) is 0.133. The molecule has 0 aliphatic carbocycles. The van der Waals surface area contributed by atoms with Crippen LogP contribution in [-0.2, 0) is 9.84 Å². The van der Waals surface area contributed by atoms with Crippen LogP contribution in [0.15, 0.2) is 41.3 Å². The van der Waals surface area contributed by atoms with E-state index >= 15 is 0 Å². The second kappa shape index (κ2) is 5.06. The maximum absolute atomic E-state index is 13.6. The van der Waals surface area contributed by atoms with Gasteiger partial charge in [0.15, 0.2) is 9.84 Å². The van der Waals surface area contributed by atoms with Crippen LogP contribution < -0.4 is 0 Å². The Morgan fingerprint density at radius 3 is 2.25 bits per heavy atom. The van der Waals surface area contributed by atoms with Gasteiger partial charge in [-0.1, -0.05) is 12.1 Å². The maximum Gasteiger partial charge on any atom is 0.175 e. The van der Waals surface area contributed by atoms with Gasteiger partial charge in [-0.15, -0.1) is 0 Å². The van der Waals surface area contributed by atoms with E-state index in [9.17, 15) is 12.8 Å². The first kappa shape index (κ1) is 14.2. The van der Waals surface area contributed by atoms with Crippen LogP contribution >= 0.6 is 0 Å². The van der Waals surface area contributed by atoms with E-state index in [1.807, 2.05) is 6.07 Å². The molecule has 5 heteroatoms. The zero-order valence-electron chi connectivity index (χ0n) is 11.0. The Bertz CT molecular complexity index is 803. The third kappa shape index (κ3) is 2.70. The summed E-state index contributed by atoms with van der Waals surface area (Å²) in [5.41, 5.74) is 1.82. The number of sulfone groups is 1. The van der Waals surface area contributed by atoms with Crippen LogP contribution in [0, 0.1) is 24.1 Å². The molecule has 0 heterocycles. The number of benzene rings is 2. The number of nitrogens with zero attached hydrogens (tertiary/aromatic N) is 1. The minimum Gasteiger partial charge on any atom is -0.224 e. The van der Waals surface area contributed by atoms with Crippen LogP contribution in [0.1, 0.15) is 11.1 Å². The van der Waals surface area contributed by atoms with Gasteiger partial charge < -0.3 is 0 Å². The molecule has 0 saturated heterocycles. The van der Waals surface area contributed by atoms with E-state index in [1.54, 1.807) is 19.1 Å². The van der Waals surface area contributed by atoms with Crippen LogP contribution in [0.4, 0.5) is 4.39 Å². The number of hydrogen-bond acceptors (Lipinski definition) is 3. The molecule has 0 fully saturated rings. The predicted molar refractivity (Wildman–Crippen MR) is 74.4 cm³/mol. The summed E-state index contributed by atoms with van der Waals surface area (Å²) in [4.78, 5) is 0.187. The first-order chi connectivity index (χ1) is 9.32. The van der Waals surface area contributed by atoms with E-state index in [2.05, 4.69) is 0 Å². The van der Waals surface area contributed by atoms with Crippen molar-refractivity contribution in [2.75, 3.05) is 6.26 Å². The Kier molecular flexibility index (Phi) is 3.60. The summed E-state index contributed by atoms with van der Waals surface area (Å²) in [6, 6.07) is 10.8. The Labute approximate surface area is 117 Å². The molecule has 0 amide bonds. The summed E-state index contributed by atoms with van der Waals surface area (Å²) in [6.45, 7) is 1.59. The number of halogens is 1. The Morgan fingerprint density at radius 2 is 1.75 bits per heavy atom. The molecule has 0 aliphatic rings. The van der Waals surface area contributed by atoms with E-state index in [-0.39, 0.29) is 4.90 Å². The van der Waals surface area contributed by atoms with Gasteiger partial charge in [0.2, 0.25) is 0 Å². The molecule has 2 aromatic carbocycles. The number of rotatable bonds is 2. The van der Waals surface area contributed by atoms with Gasteiger partial charge in [0.25, 0.3) is 0 Å². The average Bonchev–Trinajstić information content (AvgIpc) is 2.40.